The summed E-state index contributed by atoms with van der Waals surface area (Å²) in [5.74, 6) is 5.28. The summed E-state index contributed by atoms with van der Waals surface area (Å²) in [6.07, 6.45) is 11.8. The summed E-state index contributed by atoms with van der Waals surface area (Å²) in [5, 5.41) is 6.87. The molecule has 0 N–H and O–H groups in total. The summed E-state index contributed by atoms with van der Waals surface area (Å²) in [6.45, 7) is 16.6. The van der Waals surface area contributed by atoms with Gasteiger partial charge in [-0.05, 0) is 0 Å². The normalized spacial score (nSPS) is 14.3. The van der Waals surface area contributed by atoms with Crippen molar-refractivity contribution in [1.82, 2.24) is 0 Å². The predicted octanol–water partition coefficient (Wildman–Crippen LogP) is 11.5. The fourth-order valence-electron chi connectivity index (χ4n) is 7.16. The molecule has 0 amide bonds. The molecule has 54 heavy (non-hydrogen) atoms. The Morgan fingerprint density at radius 3 is 1.09 bits per heavy atom. The molecule has 0 saturated carbocycles. The molecule has 12 heteroatoms. The van der Waals surface area contributed by atoms with Crippen LogP contribution in [0.2, 0.25) is 0 Å². The molecule has 2 aromatic heterocycles. The molecule has 1 aliphatic heterocycles. The number of hydrogen-bond donors (Lipinski definition) is 0. The zero-order valence-corrected chi connectivity index (χ0v) is 39.8. The first kappa shape index (κ1) is 40.9. The van der Waals surface area contributed by atoms with Gasteiger partial charge in [-0.15, -0.1) is 0 Å². The van der Waals surface area contributed by atoms with Gasteiger partial charge in [0.25, 0.3) is 0 Å². The molecule has 0 atom stereocenters. The third kappa shape index (κ3) is 7.21. The Labute approximate surface area is 343 Å². The van der Waals surface area contributed by atoms with Crippen molar-refractivity contribution in [3.05, 3.63) is 0 Å². The van der Waals surface area contributed by atoms with Crippen LogP contribution in [0.4, 0.5) is 0 Å². The topological polar surface area (TPSA) is 64.6 Å². The van der Waals surface area contributed by atoms with Crippen LogP contribution in [-0.4, -0.2) is 85.0 Å². The van der Waals surface area contributed by atoms with E-state index >= 15 is 0 Å². The van der Waals surface area contributed by atoms with E-state index in [9.17, 15) is 0 Å². The SMILES string of the molecule is CCCCOc1c(OCCCC)c2[se]c3c(OCCCC)c(OCCCC)c4[se]c5c(OCCCC)c(OCCCC)c6c7c(c1O[Te]6(Cl)Cl)c2c3c4c57. The van der Waals surface area contributed by atoms with E-state index < -0.39 is 16.4 Å². The van der Waals surface area contributed by atoms with Crippen LogP contribution in [0.15, 0.2) is 0 Å². The van der Waals surface area contributed by atoms with Crippen molar-refractivity contribution in [2.75, 3.05) is 39.6 Å². The average molecular weight is 1030 g/mol. The van der Waals surface area contributed by atoms with Gasteiger partial charge in [-0.1, -0.05) is 0 Å². The van der Waals surface area contributed by atoms with Crippen molar-refractivity contribution in [3.8, 4) is 40.2 Å². The molecule has 0 aliphatic carbocycles. The van der Waals surface area contributed by atoms with Crippen LogP contribution in [0.5, 0.6) is 40.2 Å². The summed E-state index contributed by atoms with van der Waals surface area (Å²) in [6, 6.07) is 0. The zero-order valence-electron chi connectivity index (χ0n) is 32.6. The molecule has 4 aromatic carbocycles. The van der Waals surface area contributed by atoms with E-state index in [-0.39, 0.29) is 29.0 Å². The van der Waals surface area contributed by atoms with E-state index in [0.29, 0.717) is 56.9 Å². The van der Waals surface area contributed by atoms with E-state index in [1.807, 2.05) is 0 Å². The van der Waals surface area contributed by atoms with Gasteiger partial charge in [0.2, 0.25) is 0 Å². The Bertz CT molecular complexity index is 2200. The first-order chi connectivity index (χ1) is 26.4. The fraction of sp³-hybridized carbons (Fsp3) is 0.571. The summed E-state index contributed by atoms with van der Waals surface area (Å²) in [7, 11) is 15.3. The second-order valence-corrected chi connectivity index (χ2v) is 29.3. The Balaban J connectivity index is 1.70. The molecule has 1 aliphatic rings. The standard InChI is InChI=1S/C42H54Cl2O7Se2Te/c1-7-13-19-45-32-31-25-26-27-28-29-30(25)42(54(43,44)51-31)37(50-24-18-12-6)36(49-23-17-11-5)41(29)53-40(28)35(48-22-16-10-4)34(47-21-15-9-3)39(27)52-38(26)33(32)46-20-14-8-2/h7-24H2,1-6H3. The van der Waals surface area contributed by atoms with Gasteiger partial charge in [0.1, 0.15) is 0 Å². The predicted molar refractivity (Wildman–Crippen MR) is 230 cm³/mol. The molecule has 6 aromatic rings. The van der Waals surface area contributed by atoms with E-state index in [0.717, 1.165) is 120 Å². The summed E-state index contributed by atoms with van der Waals surface area (Å²) >= 11 is -4.80. The van der Waals surface area contributed by atoms with Gasteiger partial charge in [0.15, 0.2) is 0 Å². The molecule has 0 spiro atoms. The molecule has 3 heterocycles. The minimum absolute atomic E-state index is 0.166. The zero-order chi connectivity index (χ0) is 38.0. The summed E-state index contributed by atoms with van der Waals surface area (Å²) < 4.78 is 53.6. The Morgan fingerprint density at radius 1 is 0.407 bits per heavy atom. The van der Waals surface area contributed by atoms with Crippen LogP contribution in [0.25, 0.3) is 49.4 Å². The van der Waals surface area contributed by atoms with Crippen LogP contribution in [0.1, 0.15) is 119 Å². The van der Waals surface area contributed by atoms with Crippen LogP contribution >= 0.6 is 17.9 Å². The number of unbranched alkanes of at least 4 members (excludes halogenated alkanes) is 6. The number of benzene rings is 4. The molecular weight excluding hydrogens is 973 g/mol. The maximum absolute atomic E-state index is 7.67. The first-order valence-corrected chi connectivity index (χ1v) is 31.6. The van der Waals surface area contributed by atoms with Crippen molar-refractivity contribution < 1.29 is 31.5 Å². The third-order valence-corrected chi connectivity index (χ3v) is 21.5. The minimum atomic E-state index is -4.46. The molecule has 0 radical (unpaired) electrons. The fourth-order valence-corrected chi connectivity index (χ4v) is 19.1. The molecule has 0 fully saturated rings. The monoisotopic (exact) mass is 1030 g/mol. The van der Waals surface area contributed by atoms with Crippen molar-refractivity contribution in [1.29, 1.82) is 0 Å². The third-order valence-electron chi connectivity index (χ3n) is 10.0. The number of hydrogen-bond acceptors (Lipinski definition) is 7. The van der Waals surface area contributed by atoms with E-state index in [1.54, 1.807) is 0 Å². The van der Waals surface area contributed by atoms with Crippen LogP contribution in [0, 0.1) is 0 Å². The first-order valence-electron chi connectivity index (χ1n) is 20.1. The Morgan fingerprint density at radius 2 is 0.704 bits per heavy atom. The molecular formula is C42H54Cl2O7Se2Te. The van der Waals surface area contributed by atoms with Gasteiger partial charge >= 0.3 is 346 Å². The van der Waals surface area contributed by atoms with E-state index in [2.05, 4.69) is 41.5 Å². The van der Waals surface area contributed by atoms with Gasteiger partial charge in [-0.3, -0.25) is 0 Å². The van der Waals surface area contributed by atoms with Gasteiger partial charge in [0, 0.05) is 0 Å². The molecule has 0 unspecified atom stereocenters. The maximum atomic E-state index is 7.67. The Kier molecular flexibility index (Phi) is 13.7. The van der Waals surface area contributed by atoms with Crippen molar-refractivity contribution >= 4 is 116 Å². The number of rotatable bonds is 24. The van der Waals surface area contributed by atoms with E-state index in [4.69, 9.17) is 49.4 Å². The molecule has 7 nitrogen and oxygen atoms in total. The average Bonchev–Trinajstić information content (AvgIpc) is 3.74. The van der Waals surface area contributed by atoms with Crippen molar-refractivity contribution in [2.45, 2.75) is 119 Å². The van der Waals surface area contributed by atoms with Crippen LogP contribution in [-0.2, 0) is 0 Å². The molecule has 0 bridgehead atoms. The molecule has 296 valence electrons. The van der Waals surface area contributed by atoms with Gasteiger partial charge in [-0.25, -0.2) is 0 Å². The van der Waals surface area contributed by atoms with Crippen molar-refractivity contribution in [2.24, 2.45) is 0 Å². The molecule has 0 saturated heterocycles. The van der Waals surface area contributed by atoms with Crippen molar-refractivity contribution in [3.63, 3.8) is 0 Å². The van der Waals surface area contributed by atoms with Crippen LogP contribution in [0.3, 0.4) is 0 Å². The summed E-state index contributed by atoms with van der Waals surface area (Å²) in [5.41, 5.74) is 0. The number of ether oxygens (including phenoxy) is 6. The second kappa shape index (κ2) is 18.1. The number of halogens is 2. The quantitative estimate of drug-likeness (QED) is 0.0340. The summed E-state index contributed by atoms with van der Waals surface area (Å²) in [4.78, 5) is 0. The van der Waals surface area contributed by atoms with Gasteiger partial charge in [-0.2, -0.15) is 0 Å². The van der Waals surface area contributed by atoms with Crippen LogP contribution < -0.4 is 35.1 Å². The van der Waals surface area contributed by atoms with E-state index in [1.165, 1.54) is 33.2 Å². The molecule has 7 rings (SSSR count). The van der Waals surface area contributed by atoms with Gasteiger partial charge < -0.3 is 0 Å². The second-order valence-electron chi connectivity index (χ2n) is 14.1. The van der Waals surface area contributed by atoms with Gasteiger partial charge in [0.05, 0.1) is 0 Å². The Hall–Kier alpha value is -1.33.